The van der Waals surface area contributed by atoms with E-state index in [0.29, 0.717) is 31.6 Å². The summed E-state index contributed by atoms with van der Waals surface area (Å²) >= 11 is 0. The fraction of sp³-hybridized carbons (Fsp3) is 0.600. The van der Waals surface area contributed by atoms with Crippen LogP contribution < -0.4 is 11.1 Å². The van der Waals surface area contributed by atoms with Crippen molar-refractivity contribution in [1.82, 2.24) is 14.9 Å². The summed E-state index contributed by atoms with van der Waals surface area (Å²) in [6, 6.07) is 0.0853. The molecule has 1 aliphatic rings. The van der Waals surface area contributed by atoms with Crippen molar-refractivity contribution >= 4 is 5.91 Å². The van der Waals surface area contributed by atoms with Crippen molar-refractivity contribution in [2.24, 2.45) is 5.73 Å². The molecule has 1 aromatic heterocycles. The Morgan fingerprint density at radius 3 is 3.06 bits per heavy atom. The van der Waals surface area contributed by atoms with Crippen molar-refractivity contribution in [2.45, 2.75) is 31.5 Å². The molecule has 1 saturated carbocycles. The highest BCUT2D eigenvalue weighted by Crippen LogP contribution is 2.19. The Morgan fingerprint density at radius 1 is 1.69 bits per heavy atom. The molecule has 88 valence electrons. The highest BCUT2D eigenvalue weighted by Gasteiger charge is 2.28. The highest BCUT2D eigenvalue weighted by atomic mass is 16.3. The Hall–Kier alpha value is -1.40. The molecule has 0 aromatic carbocycles. The van der Waals surface area contributed by atoms with Gasteiger partial charge in [0.05, 0.1) is 12.4 Å². The van der Waals surface area contributed by atoms with Crippen LogP contribution in [0, 0.1) is 0 Å². The number of carbonyl (C=O) groups excluding carboxylic acids is 1. The number of carbonyl (C=O) groups is 1. The van der Waals surface area contributed by atoms with Gasteiger partial charge in [0.1, 0.15) is 5.69 Å². The van der Waals surface area contributed by atoms with Crippen molar-refractivity contribution in [1.29, 1.82) is 0 Å². The summed E-state index contributed by atoms with van der Waals surface area (Å²) in [5, 5.41) is 11.9. The lowest BCUT2D eigenvalue weighted by molar-refractivity contribution is 0.0561. The van der Waals surface area contributed by atoms with Gasteiger partial charge in [-0.05, 0) is 12.8 Å². The van der Waals surface area contributed by atoms with Gasteiger partial charge in [0.2, 0.25) is 0 Å². The summed E-state index contributed by atoms with van der Waals surface area (Å²) in [4.78, 5) is 15.7. The first-order valence-corrected chi connectivity index (χ1v) is 5.40. The summed E-state index contributed by atoms with van der Waals surface area (Å²) in [5.41, 5.74) is 5.79. The van der Waals surface area contributed by atoms with Crippen molar-refractivity contribution < 1.29 is 9.90 Å². The molecule has 16 heavy (non-hydrogen) atoms. The average Bonchev–Trinajstić information content (AvgIpc) is 2.64. The van der Waals surface area contributed by atoms with Gasteiger partial charge in [0.15, 0.2) is 0 Å². The van der Waals surface area contributed by atoms with E-state index in [-0.39, 0.29) is 18.1 Å². The molecular weight excluding hydrogens is 208 g/mol. The number of aromatic nitrogens is 2. The minimum atomic E-state index is -0.264. The van der Waals surface area contributed by atoms with E-state index in [2.05, 4.69) is 10.3 Å². The minimum Gasteiger partial charge on any atom is -0.393 e. The van der Waals surface area contributed by atoms with Crippen LogP contribution in [0.4, 0.5) is 0 Å². The van der Waals surface area contributed by atoms with Gasteiger partial charge >= 0.3 is 0 Å². The standard InChI is InChI=1S/C10H16N4O2/c11-1-2-14-5-9(12-6-14)10(16)13-7-3-8(15)4-7/h5-8,15H,1-4,11H2,(H,13,16). The van der Waals surface area contributed by atoms with Gasteiger partial charge in [0.25, 0.3) is 5.91 Å². The van der Waals surface area contributed by atoms with Gasteiger partial charge in [0, 0.05) is 25.3 Å². The first-order chi connectivity index (χ1) is 7.69. The largest absolute Gasteiger partial charge is 0.393 e. The van der Waals surface area contributed by atoms with Crippen LogP contribution in [0.15, 0.2) is 12.5 Å². The van der Waals surface area contributed by atoms with Gasteiger partial charge in [-0.1, -0.05) is 0 Å². The number of imidazole rings is 1. The number of aliphatic hydroxyl groups is 1. The topological polar surface area (TPSA) is 93.2 Å². The number of nitrogens with zero attached hydrogens (tertiary/aromatic N) is 2. The Kier molecular flexibility index (Phi) is 3.21. The van der Waals surface area contributed by atoms with Crippen LogP contribution in [0.25, 0.3) is 0 Å². The van der Waals surface area contributed by atoms with Crippen molar-refractivity contribution in [3.05, 3.63) is 18.2 Å². The van der Waals surface area contributed by atoms with E-state index in [0.717, 1.165) is 0 Å². The van der Waals surface area contributed by atoms with Gasteiger partial charge in [-0.3, -0.25) is 4.79 Å². The van der Waals surface area contributed by atoms with Gasteiger partial charge < -0.3 is 20.7 Å². The average molecular weight is 224 g/mol. The van der Waals surface area contributed by atoms with Crippen LogP contribution in [-0.4, -0.2) is 39.3 Å². The third-order valence-electron chi connectivity index (χ3n) is 2.70. The number of amides is 1. The molecule has 6 nitrogen and oxygen atoms in total. The Morgan fingerprint density at radius 2 is 2.44 bits per heavy atom. The maximum atomic E-state index is 11.7. The zero-order valence-electron chi connectivity index (χ0n) is 8.97. The lowest BCUT2D eigenvalue weighted by Crippen LogP contribution is -2.46. The predicted octanol–water partition coefficient (Wildman–Crippen LogP) is -0.905. The molecule has 0 unspecified atom stereocenters. The molecule has 0 saturated heterocycles. The minimum absolute atomic E-state index is 0.0853. The number of aliphatic hydroxyl groups excluding tert-OH is 1. The second-order valence-corrected chi connectivity index (χ2v) is 4.08. The third-order valence-corrected chi connectivity index (χ3v) is 2.70. The monoisotopic (exact) mass is 224 g/mol. The molecule has 2 rings (SSSR count). The second-order valence-electron chi connectivity index (χ2n) is 4.08. The Labute approximate surface area is 93.5 Å². The lowest BCUT2D eigenvalue weighted by Gasteiger charge is -2.31. The predicted molar refractivity (Wildman–Crippen MR) is 57.8 cm³/mol. The van der Waals surface area contributed by atoms with E-state index in [4.69, 9.17) is 10.8 Å². The van der Waals surface area contributed by atoms with E-state index in [1.165, 1.54) is 0 Å². The quantitative estimate of drug-likeness (QED) is 0.617. The number of nitrogens with two attached hydrogens (primary N) is 1. The highest BCUT2D eigenvalue weighted by molar-refractivity contribution is 5.92. The molecule has 1 aromatic rings. The first kappa shape index (κ1) is 11.1. The van der Waals surface area contributed by atoms with Gasteiger partial charge in [-0.25, -0.2) is 4.98 Å². The summed E-state index contributed by atoms with van der Waals surface area (Å²) in [6.45, 7) is 1.18. The Bertz CT molecular complexity index is 371. The van der Waals surface area contributed by atoms with Gasteiger partial charge in [-0.15, -0.1) is 0 Å². The number of rotatable bonds is 4. The van der Waals surface area contributed by atoms with Crippen molar-refractivity contribution in [2.75, 3.05) is 6.54 Å². The van der Waals surface area contributed by atoms with Gasteiger partial charge in [-0.2, -0.15) is 0 Å². The van der Waals surface area contributed by atoms with E-state index >= 15 is 0 Å². The summed E-state index contributed by atoms with van der Waals surface area (Å²) in [5.74, 6) is -0.187. The van der Waals surface area contributed by atoms with Crippen LogP contribution in [0.5, 0.6) is 0 Å². The first-order valence-electron chi connectivity index (χ1n) is 5.40. The van der Waals surface area contributed by atoms with Crippen LogP contribution in [0.3, 0.4) is 0 Å². The van der Waals surface area contributed by atoms with Crippen molar-refractivity contribution in [3.8, 4) is 0 Å². The van der Waals surface area contributed by atoms with Crippen LogP contribution >= 0.6 is 0 Å². The summed E-state index contributed by atoms with van der Waals surface area (Å²) in [7, 11) is 0. The van der Waals surface area contributed by atoms with Crippen molar-refractivity contribution in [3.63, 3.8) is 0 Å². The lowest BCUT2D eigenvalue weighted by atomic mass is 9.89. The molecule has 1 fully saturated rings. The molecule has 0 aliphatic heterocycles. The van der Waals surface area contributed by atoms with Crippen LogP contribution in [0.1, 0.15) is 23.3 Å². The summed E-state index contributed by atoms with van der Waals surface area (Å²) < 4.78 is 1.78. The number of hydrogen-bond acceptors (Lipinski definition) is 4. The fourth-order valence-electron chi connectivity index (χ4n) is 1.71. The van der Waals surface area contributed by atoms with Crippen LogP contribution in [0.2, 0.25) is 0 Å². The molecule has 0 atom stereocenters. The molecule has 1 amide bonds. The van der Waals surface area contributed by atoms with E-state index < -0.39 is 0 Å². The smallest absolute Gasteiger partial charge is 0.271 e. The fourth-order valence-corrected chi connectivity index (χ4v) is 1.71. The van der Waals surface area contributed by atoms with E-state index in [1.54, 1.807) is 17.1 Å². The van der Waals surface area contributed by atoms with E-state index in [1.807, 2.05) is 0 Å². The number of nitrogens with one attached hydrogen (secondary N) is 1. The van der Waals surface area contributed by atoms with E-state index in [9.17, 15) is 4.79 Å². The second kappa shape index (κ2) is 4.63. The molecular formula is C10H16N4O2. The zero-order valence-corrected chi connectivity index (χ0v) is 8.97. The SMILES string of the molecule is NCCn1cnc(C(=O)NC2CC(O)C2)c1. The molecule has 0 bridgehead atoms. The Balaban J connectivity index is 1.88. The summed E-state index contributed by atoms with van der Waals surface area (Å²) in [6.07, 6.45) is 4.28. The number of hydrogen-bond donors (Lipinski definition) is 3. The molecule has 0 spiro atoms. The van der Waals surface area contributed by atoms with Crippen LogP contribution in [-0.2, 0) is 6.54 Å². The molecule has 4 N–H and O–H groups in total. The molecule has 1 heterocycles. The maximum absolute atomic E-state index is 11.7. The molecule has 0 radical (unpaired) electrons. The normalized spacial score (nSPS) is 23.9. The maximum Gasteiger partial charge on any atom is 0.271 e. The molecule has 1 aliphatic carbocycles. The zero-order chi connectivity index (χ0) is 11.5. The third kappa shape index (κ3) is 2.40. The molecule has 6 heteroatoms.